The highest BCUT2D eigenvalue weighted by Crippen LogP contribution is 2.67. The van der Waals surface area contributed by atoms with E-state index in [1.165, 1.54) is 63.4 Å². The Labute approximate surface area is 179 Å². The van der Waals surface area contributed by atoms with Crippen LogP contribution in [0, 0.1) is 46.3 Å². The van der Waals surface area contributed by atoms with Crippen LogP contribution in [0.2, 0.25) is 0 Å². The van der Waals surface area contributed by atoms with Gasteiger partial charge in [-0.3, -0.25) is 4.79 Å². The molecule has 4 aliphatic rings. The first-order valence-electron chi connectivity index (χ1n) is 12.5. The Morgan fingerprint density at radius 1 is 1.07 bits per heavy atom. The van der Waals surface area contributed by atoms with Gasteiger partial charge in [-0.25, -0.2) is 0 Å². The van der Waals surface area contributed by atoms with Crippen LogP contribution in [0.3, 0.4) is 0 Å². The van der Waals surface area contributed by atoms with Crippen LogP contribution in [-0.2, 0) is 4.79 Å². The van der Waals surface area contributed by atoms with Crippen LogP contribution < -0.4 is 0 Å². The van der Waals surface area contributed by atoms with Crippen LogP contribution in [0.4, 0.5) is 0 Å². The van der Waals surface area contributed by atoms with Gasteiger partial charge >= 0.3 is 0 Å². The maximum absolute atomic E-state index is 13.7. The summed E-state index contributed by atoms with van der Waals surface area (Å²) in [6.45, 7) is 17.8. The van der Waals surface area contributed by atoms with Crippen LogP contribution >= 0.6 is 0 Å². The number of Topliss-reactive ketones (excluding diaryl/α,β-unsaturated/α-hetero) is 1. The van der Waals surface area contributed by atoms with Crippen LogP contribution in [0.25, 0.3) is 0 Å². The fourth-order valence-corrected chi connectivity index (χ4v) is 8.90. The molecule has 1 heteroatoms. The maximum Gasteiger partial charge on any atom is 0.137 e. The molecule has 4 saturated carbocycles. The Bertz CT molecular complexity index is 688. The van der Waals surface area contributed by atoms with Gasteiger partial charge in [0.1, 0.15) is 5.78 Å². The molecule has 0 N–H and O–H groups in total. The van der Waals surface area contributed by atoms with Crippen molar-refractivity contribution in [1.82, 2.24) is 0 Å². The van der Waals surface area contributed by atoms with Gasteiger partial charge in [0.05, 0.1) is 0 Å². The summed E-state index contributed by atoms with van der Waals surface area (Å²) in [6.07, 6.45) is 13.9. The molecule has 4 fully saturated rings. The minimum atomic E-state index is 0.236. The Kier molecular flexibility index (Phi) is 5.67. The summed E-state index contributed by atoms with van der Waals surface area (Å²) in [5, 5.41) is 0. The van der Waals surface area contributed by atoms with E-state index >= 15 is 0 Å². The number of ketones is 1. The summed E-state index contributed by atoms with van der Waals surface area (Å²) >= 11 is 0. The molecule has 0 aromatic rings. The number of fused-ring (bicyclic) bond motifs is 5. The first-order valence-corrected chi connectivity index (χ1v) is 12.5. The van der Waals surface area contributed by atoms with Crippen LogP contribution in [0.15, 0.2) is 24.3 Å². The monoisotopic (exact) mass is 396 g/mol. The Hall–Kier alpha value is -0.850. The molecule has 0 aromatic heterocycles. The molecule has 1 unspecified atom stereocenters. The first kappa shape index (κ1) is 21.4. The standard InChI is InChI=1S/C28H44O/c1-18(2)19(3)10-11-20(4)23-14-15-24-22-13-12-21-9-7-8-16-27(21,5)26(22)25(29)17-28(23,24)6/h20-24,26H,1,3,7-17H2,2,4-6H3/t20-,21?,22+,23-,24+,26-,27+,28-/m1/s1. The Morgan fingerprint density at radius 3 is 2.55 bits per heavy atom. The molecule has 0 bridgehead atoms. The van der Waals surface area contributed by atoms with E-state index in [1.54, 1.807) is 0 Å². The number of carbonyl (C=O) groups is 1. The largest absolute Gasteiger partial charge is 0.299 e. The zero-order valence-corrected chi connectivity index (χ0v) is 19.6. The average Bonchev–Trinajstić information content (AvgIpc) is 3.01. The number of hydrogen-bond donors (Lipinski definition) is 0. The van der Waals surface area contributed by atoms with Crippen molar-refractivity contribution in [1.29, 1.82) is 0 Å². The summed E-state index contributed by atoms with van der Waals surface area (Å²) < 4.78 is 0. The molecule has 162 valence electrons. The maximum atomic E-state index is 13.7. The smallest absolute Gasteiger partial charge is 0.137 e. The SMILES string of the molecule is C=C(C)C(=C)CC[C@@H](C)[C@H]1CC[C@H]2[C@@H]3CCC4CCCC[C@]4(C)[C@H]3C(=O)C[C@]12C. The third kappa shape index (κ3) is 3.39. The summed E-state index contributed by atoms with van der Waals surface area (Å²) in [5.74, 6) is 4.66. The highest BCUT2D eigenvalue weighted by Gasteiger charge is 2.63. The molecule has 0 saturated heterocycles. The van der Waals surface area contributed by atoms with Crippen LogP contribution in [0.5, 0.6) is 0 Å². The van der Waals surface area contributed by atoms with Gasteiger partial charge in [-0.05, 0) is 98.7 Å². The molecule has 0 heterocycles. The van der Waals surface area contributed by atoms with Crippen molar-refractivity contribution in [2.75, 3.05) is 0 Å². The quantitative estimate of drug-likeness (QED) is 0.434. The molecular weight excluding hydrogens is 352 g/mol. The van der Waals surface area contributed by atoms with Crippen molar-refractivity contribution < 1.29 is 4.79 Å². The molecule has 29 heavy (non-hydrogen) atoms. The van der Waals surface area contributed by atoms with Crippen molar-refractivity contribution in [3.05, 3.63) is 24.3 Å². The normalized spacial score (nSPS) is 45.1. The van der Waals surface area contributed by atoms with Gasteiger partial charge in [0.15, 0.2) is 0 Å². The minimum Gasteiger partial charge on any atom is -0.299 e. The van der Waals surface area contributed by atoms with Gasteiger partial charge in [-0.2, -0.15) is 0 Å². The molecule has 8 atom stereocenters. The van der Waals surface area contributed by atoms with Crippen molar-refractivity contribution >= 4 is 5.78 Å². The second-order valence-electron chi connectivity index (χ2n) is 12.0. The van der Waals surface area contributed by atoms with Crippen LogP contribution in [0.1, 0.15) is 98.3 Å². The molecule has 0 aromatic carbocycles. The lowest BCUT2D eigenvalue weighted by Crippen LogP contribution is -2.57. The molecule has 4 rings (SSSR count). The van der Waals surface area contributed by atoms with E-state index in [0.29, 0.717) is 34.9 Å². The zero-order valence-electron chi connectivity index (χ0n) is 19.6. The fourth-order valence-electron chi connectivity index (χ4n) is 8.90. The third-order valence-electron chi connectivity index (χ3n) is 10.5. The van der Waals surface area contributed by atoms with E-state index in [2.05, 4.69) is 40.9 Å². The molecule has 0 spiro atoms. The lowest BCUT2D eigenvalue weighted by atomic mass is 9.44. The molecule has 1 nitrogen and oxygen atoms in total. The number of hydrogen-bond acceptors (Lipinski definition) is 1. The van der Waals surface area contributed by atoms with Crippen molar-refractivity contribution in [2.24, 2.45) is 46.3 Å². The first-order chi connectivity index (χ1) is 13.7. The van der Waals surface area contributed by atoms with Gasteiger partial charge in [0, 0.05) is 12.3 Å². The van der Waals surface area contributed by atoms with Gasteiger partial charge < -0.3 is 0 Å². The van der Waals surface area contributed by atoms with Gasteiger partial charge in [0.2, 0.25) is 0 Å². The number of allylic oxidation sites excluding steroid dienone is 2. The van der Waals surface area contributed by atoms with Gasteiger partial charge in [-0.15, -0.1) is 0 Å². The Morgan fingerprint density at radius 2 is 1.83 bits per heavy atom. The van der Waals surface area contributed by atoms with Crippen molar-refractivity contribution in [2.45, 2.75) is 98.3 Å². The third-order valence-corrected chi connectivity index (χ3v) is 10.5. The van der Waals surface area contributed by atoms with Crippen molar-refractivity contribution in [3.8, 4) is 0 Å². The predicted octanol–water partition coefficient (Wildman–Crippen LogP) is 7.76. The molecular formula is C28H44O. The van der Waals surface area contributed by atoms with E-state index in [0.717, 1.165) is 30.3 Å². The van der Waals surface area contributed by atoms with E-state index in [1.807, 2.05) is 0 Å². The van der Waals surface area contributed by atoms with Gasteiger partial charge in [-0.1, -0.05) is 57.9 Å². The summed E-state index contributed by atoms with van der Waals surface area (Å²) in [6, 6.07) is 0. The molecule has 0 aliphatic heterocycles. The van der Waals surface area contributed by atoms with Crippen molar-refractivity contribution in [3.63, 3.8) is 0 Å². The highest BCUT2D eigenvalue weighted by atomic mass is 16.1. The molecule has 0 amide bonds. The van der Waals surface area contributed by atoms with E-state index in [9.17, 15) is 4.79 Å². The van der Waals surface area contributed by atoms with E-state index < -0.39 is 0 Å². The average molecular weight is 397 g/mol. The number of carbonyl (C=O) groups excluding carboxylic acids is 1. The summed E-state index contributed by atoms with van der Waals surface area (Å²) in [5.41, 5.74) is 2.88. The lowest BCUT2D eigenvalue weighted by molar-refractivity contribution is -0.158. The minimum absolute atomic E-state index is 0.236. The number of rotatable bonds is 5. The fraction of sp³-hybridized carbons (Fsp3) is 0.821. The zero-order chi connectivity index (χ0) is 21.0. The lowest BCUT2D eigenvalue weighted by Gasteiger charge is -2.59. The predicted molar refractivity (Wildman–Crippen MR) is 123 cm³/mol. The van der Waals surface area contributed by atoms with E-state index in [4.69, 9.17) is 0 Å². The summed E-state index contributed by atoms with van der Waals surface area (Å²) in [7, 11) is 0. The molecule has 0 radical (unpaired) electrons. The van der Waals surface area contributed by atoms with Crippen LogP contribution in [-0.4, -0.2) is 5.78 Å². The molecule has 4 aliphatic carbocycles. The van der Waals surface area contributed by atoms with Gasteiger partial charge in [0.25, 0.3) is 0 Å². The van der Waals surface area contributed by atoms with E-state index in [-0.39, 0.29) is 5.41 Å². The second-order valence-corrected chi connectivity index (χ2v) is 12.0. The second kappa shape index (κ2) is 7.69. The Balaban J connectivity index is 1.53. The summed E-state index contributed by atoms with van der Waals surface area (Å²) in [4.78, 5) is 13.7. The topological polar surface area (TPSA) is 17.1 Å². The highest BCUT2D eigenvalue weighted by molar-refractivity contribution is 5.84.